The van der Waals surface area contributed by atoms with Gasteiger partial charge >= 0.3 is 0 Å². The Hall–Kier alpha value is 0.420. The van der Waals surface area contributed by atoms with E-state index in [1.54, 1.807) is 13.0 Å². The molecule has 1 aromatic rings. The number of halogens is 2. The van der Waals surface area contributed by atoms with E-state index in [1.807, 2.05) is 6.07 Å². The molecule has 0 aliphatic carbocycles. The second kappa shape index (κ2) is 4.51. The van der Waals surface area contributed by atoms with E-state index in [1.165, 1.54) is 17.6 Å². The summed E-state index contributed by atoms with van der Waals surface area (Å²) in [5.74, 6) is 0. The van der Waals surface area contributed by atoms with Gasteiger partial charge in [-0.25, -0.2) is 8.42 Å². The van der Waals surface area contributed by atoms with Crippen molar-refractivity contribution in [1.82, 2.24) is 0 Å². The Labute approximate surface area is 101 Å². The maximum Gasteiger partial charge on any atom is 0.151 e. The van der Waals surface area contributed by atoms with Crippen LogP contribution in [0.15, 0.2) is 12.1 Å². The van der Waals surface area contributed by atoms with Crippen molar-refractivity contribution < 1.29 is 8.42 Å². The summed E-state index contributed by atoms with van der Waals surface area (Å²) in [7, 11) is -3.02. The molecule has 0 saturated heterocycles. The minimum Gasteiger partial charge on any atom is -0.229 e. The molecule has 1 rings (SSSR count). The maximum atomic E-state index is 11.3. The zero-order valence-electron chi connectivity index (χ0n) is 7.70. The van der Waals surface area contributed by atoms with E-state index in [2.05, 4.69) is 15.9 Å². The van der Waals surface area contributed by atoms with E-state index in [-0.39, 0.29) is 4.83 Å². The number of hydrogen-bond acceptors (Lipinski definition) is 3. The first kappa shape index (κ1) is 12.5. The Balaban J connectivity index is 2.91. The number of alkyl halides is 1. The molecule has 1 heterocycles. The van der Waals surface area contributed by atoms with E-state index in [4.69, 9.17) is 11.6 Å². The average Bonchev–Trinajstić information content (AvgIpc) is 2.47. The van der Waals surface area contributed by atoms with Crippen LogP contribution in [-0.4, -0.2) is 19.9 Å². The minimum atomic E-state index is -3.02. The molecular weight excluding hydrogens is 308 g/mol. The van der Waals surface area contributed by atoms with Gasteiger partial charge in [-0.2, -0.15) is 0 Å². The fourth-order valence-electron chi connectivity index (χ4n) is 0.925. The van der Waals surface area contributed by atoms with Crippen LogP contribution < -0.4 is 0 Å². The third-order valence-electron chi connectivity index (χ3n) is 1.95. The molecule has 2 nitrogen and oxygen atoms in total. The lowest BCUT2D eigenvalue weighted by Gasteiger charge is -2.14. The lowest BCUT2D eigenvalue weighted by molar-refractivity contribution is 0.589. The molecular formula is C8H10BrClO2S2. The fraction of sp³-hybridized carbons (Fsp3) is 0.500. The topological polar surface area (TPSA) is 34.1 Å². The molecule has 2 unspecified atom stereocenters. The first-order valence-corrected chi connectivity index (χ1v) is 7.97. The van der Waals surface area contributed by atoms with Gasteiger partial charge in [0.2, 0.25) is 0 Å². The molecule has 80 valence electrons. The van der Waals surface area contributed by atoms with Gasteiger partial charge in [0, 0.05) is 11.1 Å². The van der Waals surface area contributed by atoms with Crippen LogP contribution in [0.2, 0.25) is 4.34 Å². The summed E-state index contributed by atoms with van der Waals surface area (Å²) >= 11 is 10.5. The Morgan fingerprint density at radius 3 is 2.43 bits per heavy atom. The third kappa shape index (κ3) is 2.95. The van der Waals surface area contributed by atoms with Crippen LogP contribution in [0.5, 0.6) is 0 Å². The Morgan fingerprint density at radius 2 is 2.07 bits per heavy atom. The fourth-order valence-corrected chi connectivity index (χ4v) is 4.35. The highest BCUT2D eigenvalue weighted by atomic mass is 79.9. The van der Waals surface area contributed by atoms with Gasteiger partial charge < -0.3 is 0 Å². The van der Waals surface area contributed by atoms with Crippen molar-refractivity contribution in [3.8, 4) is 0 Å². The molecule has 0 aliphatic rings. The van der Waals surface area contributed by atoms with E-state index < -0.39 is 15.1 Å². The quantitative estimate of drug-likeness (QED) is 0.802. The van der Waals surface area contributed by atoms with Gasteiger partial charge in [-0.15, -0.1) is 11.3 Å². The normalized spacial score (nSPS) is 16.6. The number of sulfone groups is 1. The van der Waals surface area contributed by atoms with Gasteiger partial charge in [0.1, 0.15) is 0 Å². The van der Waals surface area contributed by atoms with Crippen LogP contribution in [0, 0.1) is 0 Å². The zero-order chi connectivity index (χ0) is 10.9. The number of hydrogen-bond donors (Lipinski definition) is 0. The largest absolute Gasteiger partial charge is 0.229 e. The van der Waals surface area contributed by atoms with Gasteiger partial charge in [0.15, 0.2) is 9.84 Å². The predicted octanol–water partition coefficient (Wildman–Crippen LogP) is 3.27. The zero-order valence-corrected chi connectivity index (χ0v) is 11.7. The maximum absolute atomic E-state index is 11.3. The summed E-state index contributed by atoms with van der Waals surface area (Å²) in [6.45, 7) is 1.68. The highest BCUT2D eigenvalue weighted by molar-refractivity contribution is 9.09. The van der Waals surface area contributed by atoms with Crippen LogP contribution in [0.1, 0.15) is 16.6 Å². The molecule has 2 atom stereocenters. The summed E-state index contributed by atoms with van der Waals surface area (Å²) in [6.07, 6.45) is 1.24. The van der Waals surface area contributed by atoms with Crippen molar-refractivity contribution in [3.05, 3.63) is 21.3 Å². The second-order valence-electron chi connectivity index (χ2n) is 3.08. The summed E-state index contributed by atoms with van der Waals surface area (Å²) < 4.78 is 23.3. The average molecular weight is 318 g/mol. The number of thiophene rings is 1. The van der Waals surface area contributed by atoms with Crippen molar-refractivity contribution in [2.45, 2.75) is 17.0 Å². The van der Waals surface area contributed by atoms with Crippen molar-refractivity contribution >= 4 is 48.7 Å². The molecule has 0 bridgehead atoms. The molecule has 0 fully saturated rings. The standard InChI is InChI=1S/C8H10BrClO2S2/c1-5(14(2,11)12)8(9)6-3-4-7(10)13-6/h3-5,8H,1-2H3. The first-order chi connectivity index (χ1) is 6.32. The third-order valence-corrected chi connectivity index (χ3v) is 6.83. The summed E-state index contributed by atoms with van der Waals surface area (Å²) in [4.78, 5) is 0.753. The predicted molar refractivity (Wildman–Crippen MR) is 65.3 cm³/mol. The Kier molecular flexibility index (Phi) is 4.03. The molecule has 0 saturated carbocycles. The Bertz CT molecular complexity index is 413. The van der Waals surface area contributed by atoms with Crippen molar-refractivity contribution in [2.75, 3.05) is 6.26 Å². The molecule has 0 radical (unpaired) electrons. The van der Waals surface area contributed by atoms with Crippen LogP contribution >= 0.6 is 38.9 Å². The number of rotatable bonds is 3. The van der Waals surface area contributed by atoms with Crippen LogP contribution in [0.4, 0.5) is 0 Å². The van der Waals surface area contributed by atoms with E-state index in [9.17, 15) is 8.42 Å². The SMILES string of the molecule is CC(C(Br)c1ccc(Cl)s1)S(C)(=O)=O. The van der Waals surface area contributed by atoms with E-state index in [0.29, 0.717) is 4.34 Å². The van der Waals surface area contributed by atoms with E-state index >= 15 is 0 Å². The van der Waals surface area contributed by atoms with Crippen molar-refractivity contribution in [3.63, 3.8) is 0 Å². The smallest absolute Gasteiger partial charge is 0.151 e. The van der Waals surface area contributed by atoms with E-state index in [0.717, 1.165) is 4.88 Å². The lowest BCUT2D eigenvalue weighted by atomic mass is 10.3. The van der Waals surface area contributed by atoms with Gasteiger partial charge in [0.25, 0.3) is 0 Å². The molecule has 0 aliphatic heterocycles. The van der Waals surface area contributed by atoms with Gasteiger partial charge in [0.05, 0.1) is 14.4 Å². The van der Waals surface area contributed by atoms with Gasteiger partial charge in [-0.1, -0.05) is 27.5 Å². The van der Waals surface area contributed by atoms with Gasteiger partial charge in [-0.05, 0) is 19.1 Å². The van der Waals surface area contributed by atoms with Gasteiger partial charge in [-0.3, -0.25) is 0 Å². The molecule has 0 amide bonds. The minimum absolute atomic E-state index is 0.185. The molecule has 1 aromatic heterocycles. The van der Waals surface area contributed by atoms with Crippen LogP contribution in [-0.2, 0) is 9.84 Å². The van der Waals surface area contributed by atoms with Crippen molar-refractivity contribution in [1.29, 1.82) is 0 Å². The molecule has 0 N–H and O–H groups in total. The highest BCUT2D eigenvalue weighted by Gasteiger charge is 2.26. The summed E-state index contributed by atoms with van der Waals surface area (Å²) in [5.41, 5.74) is 0. The molecule has 0 spiro atoms. The highest BCUT2D eigenvalue weighted by Crippen LogP contribution is 2.36. The van der Waals surface area contributed by atoms with Crippen LogP contribution in [0.25, 0.3) is 0 Å². The lowest BCUT2D eigenvalue weighted by Crippen LogP contribution is -2.20. The van der Waals surface area contributed by atoms with Crippen LogP contribution in [0.3, 0.4) is 0 Å². The monoisotopic (exact) mass is 316 g/mol. The first-order valence-electron chi connectivity index (χ1n) is 3.90. The summed E-state index contributed by atoms with van der Waals surface area (Å²) in [5, 5.41) is -0.447. The summed E-state index contributed by atoms with van der Waals surface area (Å²) in [6, 6.07) is 3.61. The molecule has 6 heteroatoms. The second-order valence-corrected chi connectivity index (χ2v) is 8.21. The van der Waals surface area contributed by atoms with Crippen molar-refractivity contribution in [2.24, 2.45) is 0 Å². The molecule has 0 aromatic carbocycles. The Morgan fingerprint density at radius 1 is 1.50 bits per heavy atom. The molecule has 14 heavy (non-hydrogen) atoms.